The minimum atomic E-state index is -0.0690. The molecular weight excluding hydrogens is 262 g/mol. The van der Waals surface area contributed by atoms with E-state index in [1.165, 1.54) is 0 Å². The van der Waals surface area contributed by atoms with Crippen molar-refractivity contribution in [2.24, 2.45) is 0 Å². The molecule has 0 spiro atoms. The third kappa shape index (κ3) is 2.89. The summed E-state index contributed by atoms with van der Waals surface area (Å²) in [6.07, 6.45) is 2.22. The second-order valence-corrected chi connectivity index (χ2v) is 5.21. The molecule has 4 heteroatoms. The van der Waals surface area contributed by atoms with E-state index in [4.69, 9.17) is 5.73 Å². The minimum absolute atomic E-state index is 0.0690. The van der Waals surface area contributed by atoms with Crippen LogP contribution in [0.25, 0.3) is 10.9 Å². The smallest absolute Gasteiger partial charge is 0.228 e. The van der Waals surface area contributed by atoms with Gasteiger partial charge in [0, 0.05) is 11.7 Å². The van der Waals surface area contributed by atoms with Crippen molar-refractivity contribution in [3.8, 4) is 0 Å². The molecule has 21 heavy (non-hydrogen) atoms. The number of aromatic nitrogens is 1. The summed E-state index contributed by atoms with van der Waals surface area (Å²) in [6, 6.07) is 13.6. The molecule has 1 heterocycles. The number of fused-ring (bicyclic) bond motifs is 1. The summed E-state index contributed by atoms with van der Waals surface area (Å²) in [7, 11) is 0. The van der Waals surface area contributed by atoms with Crippen molar-refractivity contribution in [3.63, 3.8) is 0 Å². The van der Waals surface area contributed by atoms with E-state index in [1.807, 2.05) is 55.6 Å². The number of carbonyl (C=O) groups is 1. The van der Waals surface area contributed by atoms with Crippen LogP contribution < -0.4 is 11.1 Å². The van der Waals surface area contributed by atoms with Crippen LogP contribution in [-0.4, -0.2) is 10.9 Å². The van der Waals surface area contributed by atoms with Gasteiger partial charge in [-0.3, -0.25) is 4.79 Å². The first-order chi connectivity index (χ1) is 10.1. The Morgan fingerprint density at radius 3 is 2.86 bits per heavy atom. The average Bonchev–Trinajstić information content (AvgIpc) is 2.89. The summed E-state index contributed by atoms with van der Waals surface area (Å²) < 4.78 is 0. The van der Waals surface area contributed by atoms with Gasteiger partial charge >= 0.3 is 0 Å². The number of H-pyrrole nitrogens is 1. The fourth-order valence-corrected chi connectivity index (χ4v) is 2.39. The van der Waals surface area contributed by atoms with Crippen molar-refractivity contribution < 1.29 is 4.79 Å². The molecule has 0 bridgehead atoms. The molecule has 4 nitrogen and oxygen atoms in total. The predicted molar refractivity (Wildman–Crippen MR) is 86.2 cm³/mol. The van der Waals surface area contributed by atoms with Gasteiger partial charge < -0.3 is 16.0 Å². The maximum Gasteiger partial charge on any atom is 0.228 e. The van der Waals surface area contributed by atoms with Gasteiger partial charge in [-0.1, -0.05) is 12.1 Å². The summed E-state index contributed by atoms with van der Waals surface area (Å²) in [4.78, 5) is 15.3. The molecule has 0 unspecified atom stereocenters. The average molecular weight is 279 g/mol. The van der Waals surface area contributed by atoms with Gasteiger partial charge in [0.1, 0.15) is 0 Å². The van der Waals surface area contributed by atoms with E-state index in [0.29, 0.717) is 17.8 Å². The number of benzene rings is 2. The Kier molecular flexibility index (Phi) is 3.36. The number of hydrogen-bond donors (Lipinski definition) is 3. The standard InChI is InChI=1S/C17H17N3O/c1-11-2-4-16(14(18)8-11)20-17(21)10-12-3-5-15-13(9-12)6-7-19-15/h2-9,19H,10,18H2,1H3,(H,20,21). The lowest BCUT2D eigenvalue weighted by Gasteiger charge is -2.09. The fourth-order valence-electron chi connectivity index (χ4n) is 2.39. The van der Waals surface area contributed by atoms with E-state index in [-0.39, 0.29) is 5.91 Å². The maximum atomic E-state index is 12.1. The molecule has 0 aliphatic carbocycles. The number of rotatable bonds is 3. The molecule has 0 aliphatic rings. The van der Waals surface area contributed by atoms with Crippen molar-refractivity contribution in [2.75, 3.05) is 11.1 Å². The minimum Gasteiger partial charge on any atom is -0.397 e. The number of hydrogen-bond acceptors (Lipinski definition) is 2. The van der Waals surface area contributed by atoms with Crippen LogP contribution in [0.15, 0.2) is 48.7 Å². The first-order valence-electron chi connectivity index (χ1n) is 6.84. The molecule has 0 saturated heterocycles. The van der Waals surface area contributed by atoms with Crippen molar-refractivity contribution in [3.05, 3.63) is 59.8 Å². The lowest BCUT2D eigenvalue weighted by molar-refractivity contribution is -0.115. The number of amides is 1. The Morgan fingerprint density at radius 2 is 2.05 bits per heavy atom. The first kappa shape index (κ1) is 13.2. The van der Waals surface area contributed by atoms with E-state index in [9.17, 15) is 4.79 Å². The predicted octanol–water partition coefficient (Wildman–Crippen LogP) is 3.24. The summed E-state index contributed by atoms with van der Waals surface area (Å²) in [5, 5.41) is 3.96. The molecule has 0 aliphatic heterocycles. The van der Waals surface area contributed by atoms with Crippen molar-refractivity contribution in [1.29, 1.82) is 0 Å². The Morgan fingerprint density at radius 1 is 1.19 bits per heavy atom. The summed E-state index contributed by atoms with van der Waals surface area (Å²) in [5.74, 6) is -0.0690. The van der Waals surface area contributed by atoms with Gasteiger partial charge in [0.15, 0.2) is 0 Å². The summed E-state index contributed by atoms with van der Waals surface area (Å²) in [5.41, 5.74) is 10.3. The Labute approximate surface area is 123 Å². The SMILES string of the molecule is Cc1ccc(NC(=O)Cc2ccc3[nH]ccc3c2)c(N)c1. The van der Waals surface area contributed by atoms with Crippen molar-refractivity contribution in [2.45, 2.75) is 13.3 Å². The lowest BCUT2D eigenvalue weighted by Crippen LogP contribution is -2.15. The zero-order valence-corrected chi connectivity index (χ0v) is 11.8. The van der Waals surface area contributed by atoms with E-state index >= 15 is 0 Å². The molecular formula is C17H17N3O. The zero-order chi connectivity index (χ0) is 14.8. The lowest BCUT2D eigenvalue weighted by atomic mass is 10.1. The van der Waals surface area contributed by atoms with Crippen LogP contribution in [0.2, 0.25) is 0 Å². The van der Waals surface area contributed by atoms with Gasteiger partial charge in [0.05, 0.1) is 17.8 Å². The monoisotopic (exact) mass is 279 g/mol. The summed E-state index contributed by atoms with van der Waals surface area (Å²) >= 11 is 0. The zero-order valence-electron chi connectivity index (χ0n) is 11.8. The highest BCUT2D eigenvalue weighted by Gasteiger charge is 2.07. The van der Waals surface area contributed by atoms with Gasteiger partial charge in [0.25, 0.3) is 0 Å². The largest absolute Gasteiger partial charge is 0.397 e. The fraction of sp³-hybridized carbons (Fsp3) is 0.118. The number of carbonyl (C=O) groups excluding carboxylic acids is 1. The van der Waals surface area contributed by atoms with Gasteiger partial charge in [-0.2, -0.15) is 0 Å². The number of aryl methyl sites for hydroxylation is 1. The van der Waals surface area contributed by atoms with Crippen molar-refractivity contribution >= 4 is 28.2 Å². The van der Waals surface area contributed by atoms with Crippen LogP contribution in [0.3, 0.4) is 0 Å². The molecule has 3 aromatic rings. The molecule has 1 amide bonds. The molecule has 2 aromatic carbocycles. The Hall–Kier alpha value is -2.75. The normalized spacial score (nSPS) is 10.7. The van der Waals surface area contributed by atoms with Gasteiger partial charge in [-0.25, -0.2) is 0 Å². The molecule has 3 rings (SSSR count). The second-order valence-electron chi connectivity index (χ2n) is 5.21. The van der Waals surface area contributed by atoms with Gasteiger partial charge in [-0.15, -0.1) is 0 Å². The number of anilines is 2. The van der Waals surface area contributed by atoms with Crippen LogP contribution in [0.5, 0.6) is 0 Å². The number of nitrogen functional groups attached to an aromatic ring is 1. The molecule has 0 fully saturated rings. The van der Waals surface area contributed by atoms with E-state index in [1.54, 1.807) is 0 Å². The van der Waals surface area contributed by atoms with E-state index < -0.39 is 0 Å². The third-order valence-electron chi connectivity index (χ3n) is 3.46. The van der Waals surface area contributed by atoms with Crippen molar-refractivity contribution in [1.82, 2.24) is 4.98 Å². The molecule has 0 radical (unpaired) electrons. The van der Waals surface area contributed by atoms with Crippen LogP contribution in [0, 0.1) is 6.92 Å². The molecule has 1 aromatic heterocycles. The van der Waals surface area contributed by atoms with Crippen LogP contribution in [0.4, 0.5) is 11.4 Å². The molecule has 4 N–H and O–H groups in total. The quantitative estimate of drug-likeness (QED) is 0.644. The number of aromatic amines is 1. The van der Waals surface area contributed by atoms with Gasteiger partial charge in [0.2, 0.25) is 5.91 Å². The first-order valence-corrected chi connectivity index (χ1v) is 6.84. The molecule has 0 atom stereocenters. The number of nitrogens with two attached hydrogens (primary N) is 1. The highest BCUT2D eigenvalue weighted by Crippen LogP contribution is 2.20. The van der Waals surface area contributed by atoms with Crippen LogP contribution in [-0.2, 0) is 11.2 Å². The van der Waals surface area contributed by atoms with E-state index in [2.05, 4.69) is 10.3 Å². The Bertz CT molecular complexity index is 805. The van der Waals surface area contributed by atoms with E-state index in [0.717, 1.165) is 22.0 Å². The Balaban J connectivity index is 1.73. The highest BCUT2D eigenvalue weighted by molar-refractivity contribution is 5.95. The third-order valence-corrected chi connectivity index (χ3v) is 3.46. The van der Waals surface area contributed by atoms with Gasteiger partial charge in [-0.05, 0) is 53.8 Å². The molecule has 106 valence electrons. The van der Waals surface area contributed by atoms with Crippen LogP contribution in [0.1, 0.15) is 11.1 Å². The highest BCUT2D eigenvalue weighted by atomic mass is 16.1. The number of nitrogens with one attached hydrogen (secondary N) is 2. The summed E-state index contributed by atoms with van der Waals surface area (Å²) in [6.45, 7) is 1.97. The van der Waals surface area contributed by atoms with Crippen LogP contribution >= 0.6 is 0 Å². The molecule has 0 saturated carbocycles. The maximum absolute atomic E-state index is 12.1. The topological polar surface area (TPSA) is 70.9 Å². The second kappa shape index (κ2) is 5.32.